The first kappa shape index (κ1) is 13.0. The summed E-state index contributed by atoms with van der Waals surface area (Å²) in [7, 11) is 1.51. The van der Waals surface area contributed by atoms with Crippen molar-refractivity contribution in [1.82, 2.24) is 0 Å². The molecule has 16 heavy (non-hydrogen) atoms. The van der Waals surface area contributed by atoms with Gasteiger partial charge in [-0.1, -0.05) is 11.6 Å². The second kappa shape index (κ2) is 5.83. The van der Waals surface area contributed by atoms with Crippen molar-refractivity contribution in [2.75, 3.05) is 7.11 Å². The van der Waals surface area contributed by atoms with Gasteiger partial charge in [-0.15, -0.1) is 11.6 Å². The Bertz CT molecular complexity index is 415. The third-order valence-electron chi connectivity index (χ3n) is 1.92. The fraction of sp³-hybridized carbons (Fsp3) is 0.364. The number of nitrogens with zero attached hydrogens (tertiary/aromatic N) is 1. The fourth-order valence-electron chi connectivity index (χ4n) is 1.17. The Morgan fingerprint density at radius 1 is 1.50 bits per heavy atom. The van der Waals surface area contributed by atoms with Crippen LogP contribution in [0.25, 0.3) is 0 Å². The molecule has 0 bridgehead atoms. The molecule has 0 radical (unpaired) electrons. The molecule has 0 amide bonds. The molecule has 0 spiro atoms. The Morgan fingerprint density at radius 2 is 2.19 bits per heavy atom. The normalized spacial score (nSPS) is 11.7. The molecule has 1 unspecified atom stereocenters. The highest BCUT2D eigenvalue weighted by molar-refractivity contribution is 6.32. The number of halogens is 2. The Kier molecular flexibility index (Phi) is 4.72. The predicted molar refractivity (Wildman–Crippen MR) is 63.3 cm³/mol. The van der Waals surface area contributed by atoms with Crippen molar-refractivity contribution < 1.29 is 9.47 Å². The lowest BCUT2D eigenvalue weighted by Crippen LogP contribution is -2.09. The highest BCUT2D eigenvalue weighted by atomic mass is 35.5. The van der Waals surface area contributed by atoms with Crippen molar-refractivity contribution in [3.8, 4) is 17.6 Å². The maximum absolute atomic E-state index is 8.67. The van der Waals surface area contributed by atoms with E-state index in [4.69, 9.17) is 37.9 Å². The van der Waals surface area contributed by atoms with E-state index in [1.807, 2.05) is 6.07 Å². The van der Waals surface area contributed by atoms with Gasteiger partial charge >= 0.3 is 0 Å². The molecule has 0 saturated heterocycles. The Labute approximate surface area is 104 Å². The largest absolute Gasteiger partial charge is 0.493 e. The van der Waals surface area contributed by atoms with Gasteiger partial charge in [-0.3, -0.25) is 0 Å². The molecule has 0 saturated carbocycles. The molecule has 5 heteroatoms. The quantitative estimate of drug-likeness (QED) is 0.779. The van der Waals surface area contributed by atoms with Gasteiger partial charge in [-0.05, 0) is 24.6 Å². The van der Waals surface area contributed by atoms with Gasteiger partial charge in [0.2, 0.25) is 0 Å². The number of nitriles is 1. The molecule has 3 nitrogen and oxygen atoms in total. The van der Waals surface area contributed by atoms with E-state index in [1.54, 1.807) is 19.1 Å². The molecule has 0 heterocycles. The topological polar surface area (TPSA) is 42.2 Å². The van der Waals surface area contributed by atoms with Crippen molar-refractivity contribution in [3.63, 3.8) is 0 Å². The van der Waals surface area contributed by atoms with E-state index in [0.717, 1.165) is 5.56 Å². The van der Waals surface area contributed by atoms with Crippen molar-refractivity contribution >= 4 is 23.2 Å². The van der Waals surface area contributed by atoms with E-state index in [2.05, 4.69) is 0 Å². The summed E-state index contributed by atoms with van der Waals surface area (Å²) < 4.78 is 10.5. The molecule has 0 aromatic heterocycles. The second-order valence-electron chi connectivity index (χ2n) is 3.13. The van der Waals surface area contributed by atoms with E-state index in [0.29, 0.717) is 22.4 Å². The molecule has 0 aliphatic rings. The van der Waals surface area contributed by atoms with Gasteiger partial charge in [0.05, 0.1) is 12.1 Å². The van der Waals surface area contributed by atoms with E-state index >= 15 is 0 Å². The van der Waals surface area contributed by atoms with E-state index in [-0.39, 0.29) is 0 Å². The second-order valence-corrected chi connectivity index (χ2v) is 3.81. The van der Waals surface area contributed by atoms with Crippen LogP contribution in [0.4, 0.5) is 0 Å². The monoisotopic (exact) mass is 259 g/mol. The first-order valence-electron chi connectivity index (χ1n) is 4.61. The lowest BCUT2D eigenvalue weighted by molar-refractivity contribution is 0.260. The zero-order valence-electron chi connectivity index (χ0n) is 8.96. The number of benzene rings is 1. The number of hydrogen-bond donors (Lipinski definition) is 0. The smallest absolute Gasteiger partial charge is 0.182 e. The highest BCUT2D eigenvalue weighted by Crippen LogP contribution is 2.37. The number of hydrogen-bond acceptors (Lipinski definition) is 3. The minimum Gasteiger partial charge on any atom is -0.493 e. The van der Waals surface area contributed by atoms with Crippen LogP contribution in [-0.4, -0.2) is 13.2 Å². The van der Waals surface area contributed by atoms with Crippen molar-refractivity contribution in [1.29, 1.82) is 5.26 Å². The molecule has 1 aromatic rings. The SMILES string of the molecule is COc1cc(CCl)cc(Cl)c1OC(C)C#N. The van der Waals surface area contributed by atoms with Gasteiger partial charge in [0.25, 0.3) is 0 Å². The minimum absolute atomic E-state index is 0.337. The van der Waals surface area contributed by atoms with E-state index in [9.17, 15) is 0 Å². The molecule has 1 aromatic carbocycles. The van der Waals surface area contributed by atoms with Gasteiger partial charge in [0.1, 0.15) is 6.07 Å². The zero-order chi connectivity index (χ0) is 12.1. The lowest BCUT2D eigenvalue weighted by atomic mass is 10.2. The highest BCUT2D eigenvalue weighted by Gasteiger charge is 2.14. The Balaban J connectivity index is 3.12. The average Bonchev–Trinajstić information content (AvgIpc) is 2.30. The molecule has 0 fully saturated rings. The number of rotatable bonds is 4. The van der Waals surface area contributed by atoms with E-state index < -0.39 is 6.10 Å². The Hall–Kier alpha value is -1.11. The lowest BCUT2D eigenvalue weighted by Gasteiger charge is -2.14. The Morgan fingerprint density at radius 3 is 2.69 bits per heavy atom. The summed E-state index contributed by atoms with van der Waals surface area (Å²) in [6.45, 7) is 1.63. The van der Waals surface area contributed by atoms with Crippen molar-refractivity contribution in [2.24, 2.45) is 0 Å². The minimum atomic E-state index is -0.590. The van der Waals surface area contributed by atoms with Gasteiger partial charge in [0.15, 0.2) is 17.6 Å². The summed E-state index contributed by atoms with van der Waals surface area (Å²) >= 11 is 11.7. The molecule has 0 aliphatic heterocycles. The maximum Gasteiger partial charge on any atom is 0.182 e. The van der Waals surface area contributed by atoms with Crippen LogP contribution >= 0.6 is 23.2 Å². The summed E-state index contributed by atoms with van der Waals surface area (Å²) in [6.07, 6.45) is -0.590. The first-order valence-corrected chi connectivity index (χ1v) is 5.52. The van der Waals surface area contributed by atoms with Crippen LogP contribution in [0.2, 0.25) is 5.02 Å². The maximum atomic E-state index is 8.67. The summed E-state index contributed by atoms with van der Waals surface area (Å²) in [4.78, 5) is 0. The average molecular weight is 260 g/mol. The van der Waals surface area contributed by atoms with Crippen LogP contribution in [0.3, 0.4) is 0 Å². The van der Waals surface area contributed by atoms with Crippen LogP contribution < -0.4 is 9.47 Å². The predicted octanol–water partition coefficient (Wildman–Crippen LogP) is 3.38. The summed E-state index contributed by atoms with van der Waals surface area (Å²) in [6, 6.07) is 5.38. The van der Waals surface area contributed by atoms with Gasteiger partial charge in [-0.2, -0.15) is 5.26 Å². The fourth-order valence-corrected chi connectivity index (χ4v) is 1.60. The molecule has 1 atom stereocenters. The van der Waals surface area contributed by atoms with Crippen LogP contribution in [0.5, 0.6) is 11.5 Å². The third-order valence-corrected chi connectivity index (χ3v) is 2.51. The third kappa shape index (κ3) is 2.94. The summed E-state index contributed by atoms with van der Waals surface area (Å²) in [5, 5.41) is 9.06. The summed E-state index contributed by atoms with van der Waals surface area (Å²) in [5.41, 5.74) is 0.834. The van der Waals surface area contributed by atoms with Crippen molar-refractivity contribution in [2.45, 2.75) is 18.9 Å². The molecular weight excluding hydrogens is 249 g/mol. The summed E-state index contributed by atoms with van der Waals surface area (Å²) in [5.74, 6) is 1.18. The number of alkyl halides is 1. The van der Waals surface area contributed by atoms with Gasteiger partial charge in [0, 0.05) is 5.88 Å². The molecule has 1 rings (SSSR count). The van der Waals surface area contributed by atoms with E-state index in [1.165, 1.54) is 7.11 Å². The molecule has 86 valence electrons. The van der Waals surface area contributed by atoms with Crippen LogP contribution in [0.1, 0.15) is 12.5 Å². The standard InChI is InChI=1S/C11H11Cl2NO2/c1-7(6-14)16-11-9(13)3-8(5-12)4-10(11)15-2/h3-4,7H,5H2,1-2H3. The number of methoxy groups -OCH3 is 1. The van der Waals surface area contributed by atoms with Crippen molar-refractivity contribution in [3.05, 3.63) is 22.7 Å². The van der Waals surface area contributed by atoms with Crippen LogP contribution in [0, 0.1) is 11.3 Å². The first-order chi connectivity index (χ1) is 7.62. The molecule has 0 N–H and O–H groups in total. The van der Waals surface area contributed by atoms with Gasteiger partial charge < -0.3 is 9.47 Å². The molecular formula is C11H11Cl2NO2. The zero-order valence-corrected chi connectivity index (χ0v) is 10.5. The van der Waals surface area contributed by atoms with Gasteiger partial charge in [-0.25, -0.2) is 0 Å². The van der Waals surface area contributed by atoms with Crippen LogP contribution in [-0.2, 0) is 5.88 Å². The molecule has 0 aliphatic carbocycles. The number of ether oxygens (including phenoxy) is 2. The van der Waals surface area contributed by atoms with Crippen LogP contribution in [0.15, 0.2) is 12.1 Å².